The molecule has 0 radical (unpaired) electrons. The molecule has 2 rings (SSSR count). The maximum atomic E-state index is 12.7. The fraction of sp³-hybridized carbons (Fsp3) is 0.333. The molecule has 10 heteroatoms. The third-order valence-electron chi connectivity index (χ3n) is 3.91. The summed E-state index contributed by atoms with van der Waals surface area (Å²) in [5.74, 6) is -1.03. The van der Waals surface area contributed by atoms with Crippen LogP contribution in [0.1, 0.15) is 39.4 Å². The van der Waals surface area contributed by atoms with E-state index in [9.17, 15) is 9.59 Å². The minimum Gasteiger partial charge on any atom is -0.494 e. The standard InChI is InChI=1S/C18H21Cl2N3O4S/c1-4-23(5-2)27-8-10-9-28-16(14(10)20)18(25)22-15-12(17(21)24)6-11(19)7-13(15)26-3/h6-7,9H,4-5,8H2,1-3H3,(H2,21,24)(H,22,25). The van der Waals surface area contributed by atoms with Gasteiger partial charge in [0.05, 0.1) is 30.0 Å². The first kappa shape index (κ1) is 22.4. The van der Waals surface area contributed by atoms with Gasteiger partial charge in [0.25, 0.3) is 11.8 Å². The average molecular weight is 446 g/mol. The number of thiophene rings is 1. The van der Waals surface area contributed by atoms with Crippen molar-refractivity contribution in [2.24, 2.45) is 5.73 Å². The second-order valence-electron chi connectivity index (χ2n) is 5.64. The summed E-state index contributed by atoms with van der Waals surface area (Å²) in [5, 5.41) is 6.74. The lowest BCUT2D eigenvalue weighted by Crippen LogP contribution is -2.23. The van der Waals surface area contributed by atoms with Gasteiger partial charge < -0.3 is 15.8 Å². The summed E-state index contributed by atoms with van der Waals surface area (Å²) in [6, 6.07) is 2.84. The average Bonchev–Trinajstić information content (AvgIpc) is 3.04. The summed E-state index contributed by atoms with van der Waals surface area (Å²) in [6.07, 6.45) is 0. The van der Waals surface area contributed by atoms with Gasteiger partial charge in [-0.3, -0.25) is 14.4 Å². The van der Waals surface area contributed by atoms with Crippen molar-refractivity contribution in [2.45, 2.75) is 20.5 Å². The molecule has 2 aromatic rings. The topological polar surface area (TPSA) is 93.9 Å². The van der Waals surface area contributed by atoms with Crippen LogP contribution in [-0.2, 0) is 11.4 Å². The van der Waals surface area contributed by atoms with Crippen LogP contribution in [0.2, 0.25) is 10.0 Å². The summed E-state index contributed by atoms with van der Waals surface area (Å²) in [6.45, 7) is 5.68. The van der Waals surface area contributed by atoms with Crippen LogP contribution in [0, 0.1) is 0 Å². The number of nitrogens with zero attached hydrogens (tertiary/aromatic N) is 1. The van der Waals surface area contributed by atoms with E-state index in [2.05, 4.69) is 5.32 Å². The molecule has 152 valence electrons. The Morgan fingerprint density at radius 2 is 1.93 bits per heavy atom. The lowest BCUT2D eigenvalue weighted by atomic mass is 10.1. The molecule has 0 atom stereocenters. The smallest absolute Gasteiger partial charge is 0.267 e. The molecule has 0 saturated heterocycles. The van der Waals surface area contributed by atoms with Gasteiger partial charge in [-0.05, 0) is 11.4 Å². The van der Waals surface area contributed by atoms with E-state index in [-0.39, 0.29) is 33.5 Å². The molecule has 0 bridgehead atoms. The van der Waals surface area contributed by atoms with Crippen LogP contribution in [0.4, 0.5) is 5.69 Å². The van der Waals surface area contributed by atoms with Gasteiger partial charge in [0.1, 0.15) is 10.6 Å². The zero-order valence-corrected chi connectivity index (χ0v) is 18.0. The molecule has 0 aliphatic carbocycles. The van der Waals surface area contributed by atoms with Crippen molar-refractivity contribution in [3.05, 3.63) is 43.6 Å². The Morgan fingerprint density at radius 3 is 2.50 bits per heavy atom. The molecule has 0 aliphatic rings. The van der Waals surface area contributed by atoms with E-state index >= 15 is 0 Å². The number of hydroxylamine groups is 2. The van der Waals surface area contributed by atoms with Crippen molar-refractivity contribution in [2.75, 3.05) is 25.5 Å². The molecule has 1 heterocycles. The van der Waals surface area contributed by atoms with E-state index in [0.717, 1.165) is 13.1 Å². The molecule has 2 amide bonds. The van der Waals surface area contributed by atoms with Crippen LogP contribution >= 0.6 is 34.5 Å². The van der Waals surface area contributed by atoms with E-state index in [1.54, 1.807) is 10.4 Å². The summed E-state index contributed by atoms with van der Waals surface area (Å²) in [5.41, 5.74) is 6.27. The van der Waals surface area contributed by atoms with Crippen LogP contribution in [0.5, 0.6) is 5.75 Å². The summed E-state index contributed by atoms with van der Waals surface area (Å²) in [7, 11) is 1.40. The second kappa shape index (κ2) is 10.1. The first-order chi connectivity index (χ1) is 13.3. The molecule has 0 aliphatic heterocycles. The Morgan fingerprint density at radius 1 is 1.25 bits per heavy atom. The van der Waals surface area contributed by atoms with Crippen molar-refractivity contribution >= 4 is 52.0 Å². The molecule has 0 unspecified atom stereocenters. The highest BCUT2D eigenvalue weighted by Gasteiger charge is 2.22. The number of benzene rings is 1. The van der Waals surface area contributed by atoms with Crippen LogP contribution in [0.25, 0.3) is 0 Å². The zero-order valence-electron chi connectivity index (χ0n) is 15.7. The first-order valence-corrected chi connectivity index (χ1v) is 10.1. The maximum absolute atomic E-state index is 12.7. The predicted molar refractivity (Wildman–Crippen MR) is 112 cm³/mol. The van der Waals surface area contributed by atoms with E-state index in [1.165, 1.54) is 30.6 Å². The molecular weight excluding hydrogens is 425 g/mol. The number of anilines is 1. The molecule has 7 nitrogen and oxygen atoms in total. The van der Waals surface area contributed by atoms with Gasteiger partial charge >= 0.3 is 0 Å². The van der Waals surface area contributed by atoms with Gasteiger partial charge in [0.15, 0.2) is 0 Å². The van der Waals surface area contributed by atoms with Crippen molar-refractivity contribution < 1.29 is 19.2 Å². The predicted octanol–water partition coefficient (Wildman–Crippen LogP) is 4.19. The Hall–Kier alpha value is -1.84. The SMILES string of the molecule is CCN(CC)OCc1csc(C(=O)Nc2c(OC)cc(Cl)cc2C(N)=O)c1Cl. The van der Waals surface area contributed by atoms with Gasteiger partial charge in [-0.25, -0.2) is 0 Å². The monoisotopic (exact) mass is 445 g/mol. The lowest BCUT2D eigenvalue weighted by molar-refractivity contribution is -0.163. The summed E-state index contributed by atoms with van der Waals surface area (Å²) >= 11 is 13.5. The number of hydrogen-bond acceptors (Lipinski definition) is 6. The Balaban J connectivity index is 2.26. The van der Waals surface area contributed by atoms with E-state index < -0.39 is 11.8 Å². The Bertz CT molecular complexity index is 869. The molecule has 0 fully saturated rings. The van der Waals surface area contributed by atoms with Gasteiger partial charge in [-0.15, -0.1) is 11.3 Å². The zero-order chi connectivity index (χ0) is 20.8. The quantitative estimate of drug-likeness (QED) is 0.564. The number of nitrogens with two attached hydrogens (primary N) is 1. The fourth-order valence-electron chi connectivity index (χ4n) is 2.43. The molecule has 3 N–H and O–H groups in total. The Kier molecular flexibility index (Phi) is 8.09. The number of halogens is 2. The van der Waals surface area contributed by atoms with Gasteiger partial charge in [-0.2, -0.15) is 5.06 Å². The molecule has 28 heavy (non-hydrogen) atoms. The second-order valence-corrected chi connectivity index (χ2v) is 7.33. The number of carbonyl (C=O) groups is 2. The first-order valence-electron chi connectivity index (χ1n) is 8.44. The minimum atomic E-state index is -0.748. The number of nitrogens with one attached hydrogen (secondary N) is 1. The van der Waals surface area contributed by atoms with Gasteiger partial charge in [0, 0.05) is 29.7 Å². The minimum absolute atomic E-state index is 0.0375. The van der Waals surface area contributed by atoms with Gasteiger partial charge in [0.2, 0.25) is 0 Å². The number of hydrogen-bond donors (Lipinski definition) is 2. The van der Waals surface area contributed by atoms with Crippen LogP contribution in [0.3, 0.4) is 0 Å². The summed E-state index contributed by atoms with van der Waals surface area (Å²) < 4.78 is 5.22. The normalized spacial score (nSPS) is 10.9. The van der Waals surface area contributed by atoms with E-state index in [4.69, 9.17) is 38.5 Å². The number of rotatable bonds is 9. The number of amides is 2. The number of carbonyl (C=O) groups excluding carboxylic acids is 2. The number of primary amides is 1. The highest BCUT2D eigenvalue weighted by atomic mass is 35.5. The maximum Gasteiger partial charge on any atom is 0.267 e. The Labute approximate surface area is 177 Å². The highest BCUT2D eigenvalue weighted by molar-refractivity contribution is 7.13. The fourth-order valence-corrected chi connectivity index (χ4v) is 3.87. The van der Waals surface area contributed by atoms with Crippen LogP contribution in [0.15, 0.2) is 17.5 Å². The molecular formula is C18H21Cl2N3O4S. The van der Waals surface area contributed by atoms with Crippen molar-refractivity contribution in [1.29, 1.82) is 0 Å². The third kappa shape index (κ3) is 5.15. The lowest BCUT2D eigenvalue weighted by Gasteiger charge is -2.17. The van der Waals surface area contributed by atoms with Gasteiger partial charge in [-0.1, -0.05) is 37.0 Å². The number of ether oxygens (including phenoxy) is 1. The third-order valence-corrected chi connectivity index (χ3v) is 5.70. The van der Waals surface area contributed by atoms with E-state index in [1.807, 2.05) is 13.8 Å². The molecule has 0 saturated carbocycles. The highest BCUT2D eigenvalue weighted by Crippen LogP contribution is 2.35. The molecule has 0 spiro atoms. The molecule has 1 aromatic heterocycles. The van der Waals surface area contributed by atoms with E-state index in [0.29, 0.717) is 10.6 Å². The van der Waals surface area contributed by atoms with Crippen LogP contribution < -0.4 is 15.8 Å². The molecule has 1 aromatic carbocycles. The van der Waals surface area contributed by atoms with Crippen molar-refractivity contribution in [3.63, 3.8) is 0 Å². The summed E-state index contributed by atoms with van der Waals surface area (Å²) in [4.78, 5) is 30.4. The number of methoxy groups -OCH3 is 1. The van der Waals surface area contributed by atoms with Crippen molar-refractivity contribution in [3.8, 4) is 5.75 Å². The van der Waals surface area contributed by atoms with Crippen LogP contribution in [-0.4, -0.2) is 37.1 Å². The largest absolute Gasteiger partial charge is 0.494 e. The van der Waals surface area contributed by atoms with Crippen molar-refractivity contribution in [1.82, 2.24) is 5.06 Å².